The maximum atomic E-state index is 5.50. The number of thiazole rings is 1. The second-order valence-electron chi connectivity index (χ2n) is 2.84. The summed E-state index contributed by atoms with van der Waals surface area (Å²) < 4.78 is 0. The van der Waals surface area contributed by atoms with E-state index >= 15 is 0 Å². The third kappa shape index (κ3) is 2.95. The first-order valence-electron chi connectivity index (χ1n) is 4.35. The van der Waals surface area contributed by atoms with Crippen LogP contribution in [0.25, 0.3) is 0 Å². The Kier molecular flexibility index (Phi) is 4.14. The predicted octanol–water partition coefficient (Wildman–Crippen LogP) is 0.175. The highest BCUT2D eigenvalue weighted by Crippen LogP contribution is 2.18. The number of nitrogens with two attached hydrogens (primary N) is 2. The second kappa shape index (κ2) is 5.16. The smallest absolute Gasteiger partial charge is 0.185 e. The molecule has 74 valence electrons. The molecule has 0 fully saturated rings. The van der Waals surface area contributed by atoms with Crippen molar-refractivity contribution >= 4 is 16.5 Å². The molecule has 1 heterocycles. The number of aryl methyl sites for hydroxylation is 1. The van der Waals surface area contributed by atoms with Gasteiger partial charge in [-0.2, -0.15) is 0 Å². The number of nitrogens with zero attached hydrogens (tertiary/aromatic N) is 2. The van der Waals surface area contributed by atoms with Crippen LogP contribution in [0.1, 0.15) is 5.69 Å². The van der Waals surface area contributed by atoms with Crippen LogP contribution in [0.3, 0.4) is 0 Å². The van der Waals surface area contributed by atoms with Gasteiger partial charge in [-0.05, 0) is 6.92 Å². The van der Waals surface area contributed by atoms with E-state index in [1.54, 1.807) is 11.3 Å². The molecule has 0 aromatic carbocycles. The first-order valence-corrected chi connectivity index (χ1v) is 5.23. The Morgan fingerprint density at radius 2 is 2.00 bits per heavy atom. The summed E-state index contributed by atoms with van der Waals surface area (Å²) >= 11 is 1.64. The highest BCUT2D eigenvalue weighted by atomic mass is 32.1. The number of rotatable bonds is 5. The minimum Gasteiger partial charge on any atom is -0.346 e. The van der Waals surface area contributed by atoms with E-state index in [4.69, 9.17) is 11.5 Å². The molecule has 0 spiro atoms. The summed E-state index contributed by atoms with van der Waals surface area (Å²) in [5.74, 6) is 0. The summed E-state index contributed by atoms with van der Waals surface area (Å²) in [6.07, 6.45) is 0. The molecular weight excluding hydrogens is 184 g/mol. The molecular formula is C8H16N4S. The molecule has 0 atom stereocenters. The Hall–Kier alpha value is -0.650. The summed E-state index contributed by atoms with van der Waals surface area (Å²) in [7, 11) is 0. The van der Waals surface area contributed by atoms with Crippen molar-refractivity contribution in [2.75, 3.05) is 31.1 Å². The molecule has 1 rings (SSSR count). The van der Waals surface area contributed by atoms with Crippen molar-refractivity contribution in [3.8, 4) is 0 Å². The van der Waals surface area contributed by atoms with Crippen molar-refractivity contribution in [1.29, 1.82) is 0 Å². The number of hydrogen-bond donors (Lipinski definition) is 2. The fourth-order valence-electron chi connectivity index (χ4n) is 1.10. The molecule has 0 radical (unpaired) electrons. The van der Waals surface area contributed by atoms with E-state index in [9.17, 15) is 0 Å². The van der Waals surface area contributed by atoms with Gasteiger partial charge in [0, 0.05) is 31.6 Å². The molecule has 0 bridgehead atoms. The van der Waals surface area contributed by atoms with E-state index in [1.807, 2.05) is 12.3 Å². The summed E-state index contributed by atoms with van der Waals surface area (Å²) in [5, 5.41) is 3.06. The minimum atomic E-state index is 0.638. The molecule has 0 aliphatic heterocycles. The average Bonchev–Trinajstić information content (AvgIpc) is 2.51. The molecule has 0 amide bonds. The van der Waals surface area contributed by atoms with Crippen LogP contribution in [0.2, 0.25) is 0 Å². The Balaban J connectivity index is 2.63. The molecule has 4 N–H and O–H groups in total. The van der Waals surface area contributed by atoms with E-state index < -0.39 is 0 Å². The lowest BCUT2D eigenvalue weighted by Crippen LogP contribution is -2.33. The van der Waals surface area contributed by atoms with E-state index in [1.165, 1.54) is 0 Å². The molecule has 13 heavy (non-hydrogen) atoms. The Bertz CT molecular complexity index is 242. The lowest BCUT2D eigenvalue weighted by Gasteiger charge is -2.19. The van der Waals surface area contributed by atoms with Gasteiger partial charge in [-0.15, -0.1) is 11.3 Å². The normalized spacial score (nSPS) is 10.4. The van der Waals surface area contributed by atoms with Crippen molar-refractivity contribution in [3.05, 3.63) is 11.1 Å². The fourth-order valence-corrected chi connectivity index (χ4v) is 1.96. The zero-order valence-corrected chi connectivity index (χ0v) is 8.68. The van der Waals surface area contributed by atoms with Gasteiger partial charge in [-0.1, -0.05) is 0 Å². The third-order valence-corrected chi connectivity index (χ3v) is 2.69. The van der Waals surface area contributed by atoms with Crippen molar-refractivity contribution in [2.24, 2.45) is 11.5 Å². The number of hydrogen-bond acceptors (Lipinski definition) is 5. The van der Waals surface area contributed by atoms with Gasteiger partial charge < -0.3 is 16.4 Å². The van der Waals surface area contributed by atoms with E-state index in [-0.39, 0.29) is 0 Å². The fraction of sp³-hybridized carbons (Fsp3) is 0.625. The monoisotopic (exact) mass is 200 g/mol. The highest BCUT2D eigenvalue weighted by molar-refractivity contribution is 7.13. The molecule has 1 aromatic heterocycles. The van der Waals surface area contributed by atoms with Gasteiger partial charge in [0.25, 0.3) is 0 Å². The summed E-state index contributed by atoms with van der Waals surface area (Å²) in [6, 6.07) is 0. The van der Waals surface area contributed by atoms with Gasteiger partial charge in [0.15, 0.2) is 5.13 Å². The number of anilines is 1. The molecule has 0 aliphatic rings. The second-order valence-corrected chi connectivity index (χ2v) is 3.67. The lowest BCUT2D eigenvalue weighted by molar-refractivity contribution is 0.778. The highest BCUT2D eigenvalue weighted by Gasteiger charge is 2.07. The maximum absolute atomic E-state index is 5.50. The first kappa shape index (κ1) is 10.4. The van der Waals surface area contributed by atoms with E-state index in [0.717, 1.165) is 23.9 Å². The molecule has 5 heteroatoms. The molecule has 0 saturated carbocycles. The van der Waals surface area contributed by atoms with Crippen LogP contribution in [0.4, 0.5) is 5.13 Å². The van der Waals surface area contributed by atoms with Crippen LogP contribution in [-0.4, -0.2) is 31.2 Å². The quantitative estimate of drug-likeness (QED) is 0.711. The van der Waals surface area contributed by atoms with Gasteiger partial charge in [-0.25, -0.2) is 4.98 Å². The van der Waals surface area contributed by atoms with E-state index in [2.05, 4.69) is 9.88 Å². The lowest BCUT2D eigenvalue weighted by atomic mass is 10.5. The summed E-state index contributed by atoms with van der Waals surface area (Å²) in [6.45, 7) is 4.91. The molecule has 0 saturated heterocycles. The molecule has 4 nitrogen and oxygen atoms in total. The molecule has 1 aromatic rings. The number of aromatic nitrogens is 1. The van der Waals surface area contributed by atoms with E-state index in [0.29, 0.717) is 13.1 Å². The standard InChI is InChI=1S/C8H16N4S/c1-7-6-13-8(11-7)12(4-2-9)5-3-10/h6H,2-5,9-10H2,1H3. The van der Waals surface area contributed by atoms with Crippen LogP contribution in [-0.2, 0) is 0 Å². The Labute approximate surface area is 82.6 Å². The van der Waals surface area contributed by atoms with Crippen LogP contribution in [0, 0.1) is 6.92 Å². The topological polar surface area (TPSA) is 68.2 Å². The van der Waals surface area contributed by atoms with Crippen molar-refractivity contribution in [2.45, 2.75) is 6.92 Å². The van der Waals surface area contributed by atoms with Gasteiger partial charge >= 0.3 is 0 Å². The predicted molar refractivity (Wildman–Crippen MR) is 57.2 cm³/mol. The summed E-state index contributed by atoms with van der Waals surface area (Å²) in [5.41, 5.74) is 12.1. The van der Waals surface area contributed by atoms with Crippen LogP contribution in [0.5, 0.6) is 0 Å². The average molecular weight is 200 g/mol. The Morgan fingerprint density at radius 3 is 2.38 bits per heavy atom. The van der Waals surface area contributed by atoms with Crippen LogP contribution in [0.15, 0.2) is 5.38 Å². The van der Waals surface area contributed by atoms with Gasteiger partial charge in [0.1, 0.15) is 0 Å². The van der Waals surface area contributed by atoms with Crippen LogP contribution >= 0.6 is 11.3 Å². The van der Waals surface area contributed by atoms with Gasteiger partial charge in [0.05, 0.1) is 5.69 Å². The van der Waals surface area contributed by atoms with Crippen molar-refractivity contribution < 1.29 is 0 Å². The van der Waals surface area contributed by atoms with Crippen LogP contribution < -0.4 is 16.4 Å². The molecule has 0 unspecified atom stereocenters. The first-order chi connectivity index (χ1) is 6.27. The molecule has 0 aliphatic carbocycles. The Morgan fingerprint density at radius 1 is 1.38 bits per heavy atom. The largest absolute Gasteiger partial charge is 0.346 e. The zero-order chi connectivity index (χ0) is 9.68. The van der Waals surface area contributed by atoms with Crippen molar-refractivity contribution in [1.82, 2.24) is 4.98 Å². The SMILES string of the molecule is Cc1csc(N(CCN)CCN)n1. The third-order valence-electron chi connectivity index (χ3n) is 1.68. The summed E-state index contributed by atoms with van der Waals surface area (Å²) in [4.78, 5) is 6.50. The van der Waals surface area contributed by atoms with Crippen molar-refractivity contribution in [3.63, 3.8) is 0 Å². The zero-order valence-electron chi connectivity index (χ0n) is 7.86. The van der Waals surface area contributed by atoms with Gasteiger partial charge in [-0.3, -0.25) is 0 Å². The minimum absolute atomic E-state index is 0.638. The van der Waals surface area contributed by atoms with Gasteiger partial charge in [0.2, 0.25) is 0 Å². The maximum Gasteiger partial charge on any atom is 0.185 e.